The van der Waals surface area contributed by atoms with Gasteiger partial charge in [-0.3, -0.25) is 4.90 Å². The Balaban J connectivity index is 3.12. The molecular weight excluding hydrogens is 281 g/mol. The van der Waals surface area contributed by atoms with Gasteiger partial charge in [0.25, 0.3) is 0 Å². The van der Waals surface area contributed by atoms with Gasteiger partial charge in [0.15, 0.2) is 5.54 Å². The highest BCUT2D eigenvalue weighted by atomic mass is 32.1. The van der Waals surface area contributed by atoms with Crippen LogP contribution in [-0.2, 0) is 4.74 Å². The van der Waals surface area contributed by atoms with Crippen LogP contribution in [-0.4, -0.2) is 39.8 Å². The van der Waals surface area contributed by atoms with Crippen LogP contribution in [0.5, 0.6) is 0 Å². The van der Waals surface area contributed by atoms with E-state index in [0.717, 1.165) is 0 Å². The lowest BCUT2D eigenvalue weighted by molar-refractivity contribution is -0.194. The molecule has 0 aliphatic carbocycles. The minimum absolute atomic E-state index is 0.0776. The summed E-state index contributed by atoms with van der Waals surface area (Å²) in [4.78, 5) is 11.8. The lowest BCUT2D eigenvalue weighted by Crippen LogP contribution is -2.64. The van der Waals surface area contributed by atoms with E-state index in [1.165, 1.54) is 0 Å². The zero-order valence-corrected chi connectivity index (χ0v) is 11.8. The Kier molecular flexibility index (Phi) is 4.05. The van der Waals surface area contributed by atoms with Crippen molar-refractivity contribution in [2.45, 2.75) is 50.9 Å². The number of ether oxygens (including phenoxy) is 1. The van der Waals surface area contributed by atoms with Crippen molar-refractivity contribution in [1.82, 2.24) is 4.90 Å². The molecular formula is C11H17F3N2O2S. The second-order valence-corrected chi connectivity index (χ2v) is 5.90. The van der Waals surface area contributed by atoms with E-state index >= 15 is 0 Å². The van der Waals surface area contributed by atoms with Gasteiger partial charge in [0.05, 0.1) is 0 Å². The van der Waals surface area contributed by atoms with Gasteiger partial charge in [-0.2, -0.15) is 13.2 Å². The van der Waals surface area contributed by atoms with E-state index < -0.39 is 28.4 Å². The molecule has 0 aromatic heterocycles. The molecule has 1 fully saturated rings. The van der Waals surface area contributed by atoms with Crippen molar-refractivity contribution < 1.29 is 22.7 Å². The van der Waals surface area contributed by atoms with Gasteiger partial charge >= 0.3 is 12.3 Å². The number of hydrogen-bond acceptors (Lipinski definition) is 3. The van der Waals surface area contributed by atoms with Crippen LogP contribution in [0.25, 0.3) is 0 Å². The average molecular weight is 298 g/mol. The van der Waals surface area contributed by atoms with Gasteiger partial charge in [-0.1, -0.05) is 12.2 Å². The highest BCUT2D eigenvalue weighted by Gasteiger charge is 2.64. The Morgan fingerprint density at radius 3 is 2.26 bits per heavy atom. The third-order valence-electron chi connectivity index (χ3n) is 2.87. The van der Waals surface area contributed by atoms with Crippen molar-refractivity contribution in [3.05, 3.63) is 0 Å². The number of hydrogen-bond donors (Lipinski definition) is 1. The summed E-state index contributed by atoms with van der Waals surface area (Å²) in [6, 6.07) is 0. The monoisotopic (exact) mass is 298 g/mol. The van der Waals surface area contributed by atoms with E-state index in [9.17, 15) is 18.0 Å². The maximum absolute atomic E-state index is 13.3. The molecule has 0 spiro atoms. The number of thiocarbonyl (C=S) groups is 1. The van der Waals surface area contributed by atoms with Crippen LogP contribution in [0.3, 0.4) is 0 Å². The molecule has 4 nitrogen and oxygen atoms in total. The molecule has 0 unspecified atom stereocenters. The molecule has 0 aromatic carbocycles. The fourth-order valence-corrected chi connectivity index (χ4v) is 2.40. The second-order valence-electron chi connectivity index (χ2n) is 5.46. The first-order chi connectivity index (χ1) is 8.42. The number of alkyl halides is 3. The van der Waals surface area contributed by atoms with Gasteiger partial charge in [0.2, 0.25) is 0 Å². The van der Waals surface area contributed by atoms with Crippen LogP contribution in [0.1, 0.15) is 33.6 Å². The standard InChI is InChI=1S/C11H17F3N2O2S/c1-9(2,3)18-8(17)16-6-4-5-10(16,7(15)19)11(12,13)14/h4-6H2,1-3H3,(H2,15,19)/t10-/m0/s1. The molecule has 1 saturated heterocycles. The normalized spacial score (nSPS) is 24.4. The van der Waals surface area contributed by atoms with E-state index in [4.69, 9.17) is 10.5 Å². The molecule has 0 radical (unpaired) electrons. The topological polar surface area (TPSA) is 55.6 Å². The molecule has 2 N–H and O–H groups in total. The summed E-state index contributed by atoms with van der Waals surface area (Å²) in [7, 11) is 0. The van der Waals surface area contributed by atoms with E-state index in [-0.39, 0.29) is 19.4 Å². The summed E-state index contributed by atoms with van der Waals surface area (Å²) in [5, 5.41) is 0. The summed E-state index contributed by atoms with van der Waals surface area (Å²) in [5.74, 6) is 0. The van der Waals surface area contributed by atoms with Gasteiger partial charge in [-0.15, -0.1) is 0 Å². The molecule has 1 atom stereocenters. The minimum atomic E-state index is -4.72. The van der Waals surface area contributed by atoms with E-state index in [2.05, 4.69) is 12.2 Å². The Bertz CT molecular complexity index is 392. The van der Waals surface area contributed by atoms with Gasteiger partial charge in [-0.05, 0) is 33.6 Å². The quantitative estimate of drug-likeness (QED) is 0.756. The molecule has 1 amide bonds. The predicted molar refractivity (Wildman–Crippen MR) is 67.7 cm³/mol. The lowest BCUT2D eigenvalue weighted by Gasteiger charge is -2.39. The zero-order valence-electron chi connectivity index (χ0n) is 11.0. The molecule has 0 bridgehead atoms. The van der Waals surface area contributed by atoms with Gasteiger partial charge < -0.3 is 10.5 Å². The summed E-state index contributed by atoms with van der Waals surface area (Å²) in [5.41, 5.74) is 1.80. The van der Waals surface area contributed by atoms with Gasteiger partial charge in [-0.25, -0.2) is 4.79 Å². The average Bonchev–Trinajstić information content (AvgIpc) is 2.57. The maximum atomic E-state index is 13.3. The molecule has 0 saturated carbocycles. The van der Waals surface area contributed by atoms with Crippen molar-refractivity contribution in [3.8, 4) is 0 Å². The Labute approximate surface area is 115 Å². The fourth-order valence-electron chi connectivity index (χ4n) is 2.07. The van der Waals surface area contributed by atoms with Crippen LogP contribution in [0.2, 0.25) is 0 Å². The first-order valence-corrected chi connectivity index (χ1v) is 6.20. The van der Waals surface area contributed by atoms with Crippen LogP contribution in [0, 0.1) is 0 Å². The Morgan fingerprint density at radius 1 is 1.37 bits per heavy atom. The Morgan fingerprint density at radius 2 is 1.89 bits per heavy atom. The number of carbonyl (C=O) groups excluding carboxylic acids is 1. The number of amides is 1. The number of carbonyl (C=O) groups is 1. The van der Waals surface area contributed by atoms with Crippen LogP contribution >= 0.6 is 12.2 Å². The lowest BCUT2D eigenvalue weighted by atomic mass is 9.95. The fraction of sp³-hybridized carbons (Fsp3) is 0.818. The van der Waals surface area contributed by atoms with Crippen molar-refractivity contribution in [3.63, 3.8) is 0 Å². The first-order valence-electron chi connectivity index (χ1n) is 5.79. The van der Waals surface area contributed by atoms with Gasteiger partial charge in [0.1, 0.15) is 10.6 Å². The van der Waals surface area contributed by atoms with Crippen LogP contribution < -0.4 is 5.73 Å². The summed E-state index contributed by atoms with van der Waals surface area (Å²) < 4.78 is 44.9. The van der Waals surface area contributed by atoms with Gasteiger partial charge in [0, 0.05) is 6.54 Å². The second kappa shape index (κ2) is 4.81. The largest absolute Gasteiger partial charge is 0.444 e. The number of rotatable bonds is 1. The SMILES string of the molecule is CC(C)(C)OC(=O)N1CCC[C@]1(C(N)=S)C(F)(F)F. The van der Waals surface area contributed by atoms with E-state index in [1.54, 1.807) is 20.8 Å². The molecule has 1 heterocycles. The van der Waals surface area contributed by atoms with E-state index in [0.29, 0.717) is 4.90 Å². The van der Waals surface area contributed by atoms with Crippen LogP contribution in [0.15, 0.2) is 0 Å². The maximum Gasteiger partial charge on any atom is 0.418 e. The molecule has 8 heteroatoms. The first kappa shape index (κ1) is 16.0. The van der Waals surface area contributed by atoms with Crippen molar-refractivity contribution in [1.29, 1.82) is 0 Å². The number of likely N-dealkylation sites (tertiary alicyclic amines) is 1. The van der Waals surface area contributed by atoms with Crippen molar-refractivity contribution in [2.75, 3.05) is 6.54 Å². The number of nitrogens with two attached hydrogens (primary N) is 1. The third kappa shape index (κ3) is 2.93. The zero-order chi connectivity index (χ0) is 15.1. The molecule has 19 heavy (non-hydrogen) atoms. The minimum Gasteiger partial charge on any atom is -0.444 e. The molecule has 1 aliphatic heterocycles. The molecule has 1 rings (SSSR count). The highest BCUT2D eigenvalue weighted by Crippen LogP contribution is 2.44. The Hall–Kier alpha value is -1.05. The molecule has 0 aromatic rings. The smallest absolute Gasteiger partial charge is 0.418 e. The molecule has 110 valence electrons. The van der Waals surface area contributed by atoms with Crippen LogP contribution in [0.4, 0.5) is 18.0 Å². The summed E-state index contributed by atoms with van der Waals surface area (Å²) in [6.07, 6.45) is -5.91. The highest BCUT2D eigenvalue weighted by molar-refractivity contribution is 7.80. The van der Waals surface area contributed by atoms with E-state index in [1.807, 2.05) is 0 Å². The number of halogens is 3. The predicted octanol–water partition coefficient (Wildman–Crippen LogP) is 2.60. The summed E-state index contributed by atoms with van der Waals surface area (Å²) >= 11 is 4.56. The molecule has 1 aliphatic rings. The summed E-state index contributed by atoms with van der Waals surface area (Å²) in [6.45, 7) is 4.66. The third-order valence-corrected chi connectivity index (χ3v) is 3.21. The van der Waals surface area contributed by atoms with Crippen molar-refractivity contribution >= 4 is 23.3 Å². The number of nitrogens with zero attached hydrogens (tertiary/aromatic N) is 1. The van der Waals surface area contributed by atoms with Crippen molar-refractivity contribution in [2.24, 2.45) is 5.73 Å².